The van der Waals surface area contributed by atoms with Crippen LogP contribution in [0.15, 0.2) is 41.3 Å². The predicted molar refractivity (Wildman–Crippen MR) is 59.9 cm³/mol. The van der Waals surface area contributed by atoms with Gasteiger partial charge in [-0.05, 0) is 18.6 Å². The van der Waals surface area contributed by atoms with Gasteiger partial charge in [0.25, 0.3) is 0 Å². The zero-order valence-corrected chi connectivity index (χ0v) is 9.32. The summed E-state index contributed by atoms with van der Waals surface area (Å²) in [5.41, 5.74) is 3.19. The van der Waals surface area contributed by atoms with Gasteiger partial charge in [-0.3, -0.25) is 0 Å². The molecular weight excluding hydrogens is 240 g/mol. The van der Waals surface area contributed by atoms with E-state index in [0.717, 1.165) is 21.3 Å². The van der Waals surface area contributed by atoms with E-state index in [1.165, 1.54) is 0 Å². The number of halogens is 1. The molecule has 1 aromatic carbocycles. The Bertz CT molecular complexity index is 411. The molecule has 0 fully saturated rings. The Balaban J connectivity index is 2.61. The SMILES string of the molecule is Cc1ncncc1-c1ccccc1Br. The lowest BCUT2D eigenvalue weighted by Crippen LogP contribution is -1.89. The summed E-state index contributed by atoms with van der Waals surface area (Å²) < 4.78 is 1.07. The van der Waals surface area contributed by atoms with Gasteiger partial charge in [0.05, 0.1) is 0 Å². The minimum atomic E-state index is 0.993. The molecule has 2 rings (SSSR count). The van der Waals surface area contributed by atoms with Gasteiger partial charge in [-0.25, -0.2) is 9.97 Å². The molecule has 0 N–H and O–H groups in total. The first-order valence-corrected chi connectivity index (χ1v) is 5.10. The second kappa shape index (κ2) is 3.88. The third kappa shape index (κ3) is 1.68. The second-order valence-electron chi connectivity index (χ2n) is 3.00. The van der Waals surface area contributed by atoms with Gasteiger partial charge in [0.1, 0.15) is 6.33 Å². The quantitative estimate of drug-likeness (QED) is 0.775. The van der Waals surface area contributed by atoms with Crippen molar-refractivity contribution in [1.29, 1.82) is 0 Å². The smallest absolute Gasteiger partial charge is 0.115 e. The summed E-state index contributed by atoms with van der Waals surface area (Å²) in [6.45, 7) is 1.98. The monoisotopic (exact) mass is 248 g/mol. The van der Waals surface area contributed by atoms with Crippen LogP contribution in [0.5, 0.6) is 0 Å². The Morgan fingerprint density at radius 1 is 1.14 bits per heavy atom. The lowest BCUT2D eigenvalue weighted by atomic mass is 10.1. The Hall–Kier alpha value is -1.22. The summed E-state index contributed by atoms with van der Waals surface area (Å²) in [6, 6.07) is 8.07. The Morgan fingerprint density at radius 3 is 2.64 bits per heavy atom. The van der Waals surface area contributed by atoms with E-state index in [1.807, 2.05) is 31.3 Å². The third-order valence-electron chi connectivity index (χ3n) is 2.08. The van der Waals surface area contributed by atoms with Gasteiger partial charge in [0, 0.05) is 21.9 Å². The van der Waals surface area contributed by atoms with Crippen molar-refractivity contribution < 1.29 is 0 Å². The zero-order chi connectivity index (χ0) is 9.97. The molecule has 1 aromatic heterocycles. The summed E-state index contributed by atoms with van der Waals surface area (Å²) in [7, 11) is 0. The zero-order valence-electron chi connectivity index (χ0n) is 7.74. The first-order valence-electron chi connectivity index (χ1n) is 4.30. The average Bonchev–Trinajstić information content (AvgIpc) is 2.20. The van der Waals surface area contributed by atoms with Crippen molar-refractivity contribution in [3.8, 4) is 11.1 Å². The molecule has 0 unspecified atom stereocenters. The van der Waals surface area contributed by atoms with Crippen LogP contribution in [-0.4, -0.2) is 9.97 Å². The van der Waals surface area contributed by atoms with E-state index in [1.54, 1.807) is 6.33 Å². The summed E-state index contributed by atoms with van der Waals surface area (Å²) in [6.07, 6.45) is 3.40. The fraction of sp³-hybridized carbons (Fsp3) is 0.0909. The molecule has 0 saturated heterocycles. The molecule has 0 aliphatic carbocycles. The van der Waals surface area contributed by atoms with E-state index in [0.29, 0.717) is 0 Å². The third-order valence-corrected chi connectivity index (χ3v) is 2.77. The van der Waals surface area contributed by atoms with Gasteiger partial charge in [-0.1, -0.05) is 34.1 Å². The van der Waals surface area contributed by atoms with E-state index < -0.39 is 0 Å². The summed E-state index contributed by atoms with van der Waals surface area (Å²) in [5, 5.41) is 0. The maximum absolute atomic E-state index is 4.16. The van der Waals surface area contributed by atoms with Crippen molar-refractivity contribution in [1.82, 2.24) is 9.97 Å². The lowest BCUT2D eigenvalue weighted by Gasteiger charge is -2.05. The highest BCUT2D eigenvalue weighted by molar-refractivity contribution is 9.10. The molecule has 3 heteroatoms. The Morgan fingerprint density at radius 2 is 1.93 bits per heavy atom. The number of rotatable bonds is 1. The maximum Gasteiger partial charge on any atom is 0.115 e. The fourth-order valence-electron chi connectivity index (χ4n) is 1.33. The van der Waals surface area contributed by atoms with E-state index in [9.17, 15) is 0 Å². The Kier molecular flexibility index (Phi) is 2.59. The highest BCUT2D eigenvalue weighted by Crippen LogP contribution is 2.28. The molecule has 0 radical (unpaired) electrons. The topological polar surface area (TPSA) is 25.8 Å². The van der Waals surface area contributed by atoms with Crippen molar-refractivity contribution >= 4 is 15.9 Å². The van der Waals surface area contributed by atoms with Crippen LogP contribution in [0.2, 0.25) is 0 Å². The second-order valence-corrected chi connectivity index (χ2v) is 3.86. The molecule has 2 nitrogen and oxygen atoms in total. The molecule has 14 heavy (non-hydrogen) atoms. The van der Waals surface area contributed by atoms with Crippen LogP contribution in [0.1, 0.15) is 5.69 Å². The minimum absolute atomic E-state index is 0.993. The summed E-state index contributed by atoms with van der Waals surface area (Å²) in [4.78, 5) is 8.20. The number of benzene rings is 1. The highest BCUT2D eigenvalue weighted by atomic mass is 79.9. The largest absolute Gasteiger partial charge is 0.244 e. The first-order chi connectivity index (χ1) is 6.79. The molecular formula is C11H9BrN2. The van der Waals surface area contributed by atoms with Crippen LogP contribution in [0.3, 0.4) is 0 Å². The average molecular weight is 249 g/mol. The standard InChI is InChI=1S/C11H9BrN2/c1-8-10(6-13-7-14-8)9-4-2-3-5-11(9)12/h2-7H,1H3. The molecule has 0 aliphatic heterocycles. The maximum atomic E-state index is 4.16. The number of hydrogen-bond acceptors (Lipinski definition) is 2. The highest BCUT2D eigenvalue weighted by Gasteiger charge is 2.05. The number of aromatic nitrogens is 2. The van der Waals surface area contributed by atoms with E-state index in [4.69, 9.17) is 0 Å². The van der Waals surface area contributed by atoms with Crippen LogP contribution < -0.4 is 0 Å². The molecule has 1 heterocycles. The normalized spacial score (nSPS) is 10.1. The van der Waals surface area contributed by atoms with Crippen LogP contribution in [0.25, 0.3) is 11.1 Å². The molecule has 2 aromatic rings. The van der Waals surface area contributed by atoms with Gasteiger partial charge < -0.3 is 0 Å². The van der Waals surface area contributed by atoms with Crippen LogP contribution >= 0.6 is 15.9 Å². The van der Waals surface area contributed by atoms with Crippen molar-refractivity contribution in [3.63, 3.8) is 0 Å². The molecule has 0 atom stereocenters. The van der Waals surface area contributed by atoms with Gasteiger partial charge in [0.2, 0.25) is 0 Å². The van der Waals surface area contributed by atoms with Gasteiger partial charge >= 0.3 is 0 Å². The fourth-order valence-corrected chi connectivity index (χ4v) is 1.83. The molecule has 0 saturated carbocycles. The molecule has 0 aliphatic rings. The van der Waals surface area contributed by atoms with E-state index in [2.05, 4.69) is 32.0 Å². The molecule has 70 valence electrons. The van der Waals surface area contributed by atoms with Gasteiger partial charge in [-0.15, -0.1) is 0 Å². The lowest BCUT2D eigenvalue weighted by molar-refractivity contribution is 1.10. The number of hydrogen-bond donors (Lipinski definition) is 0. The van der Waals surface area contributed by atoms with E-state index >= 15 is 0 Å². The van der Waals surface area contributed by atoms with Crippen molar-refractivity contribution in [2.75, 3.05) is 0 Å². The van der Waals surface area contributed by atoms with Crippen LogP contribution in [0.4, 0.5) is 0 Å². The van der Waals surface area contributed by atoms with E-state index in [-0.39, 0.29) is 0 Å². The summed E-state index contributed by atoms with van der Waals surface area (Å²) in [5.74, 6) is 0. The van der Waals surface area contributed by atoms with Crippen LogP contribution in [-0.2, 0) is 0 Å². The molecule has 0 spiro atoms. The van der Waals surface area contributed by atoms with Crippen LogP contribution in [0, 0.1) is 6.92 Å². The van der Waals surface area contributed by atoms with Gasteiger partial charge in [0.15, 0.2) is 0 Å². The number of aryl methyl sites for hydroxylation is 1. The predicted octanol–water partition coefficient (Wildman–Crippen LogP) is 3.21. The van der Waals surface area contributed by atoms with Crippen molar-refractivity contribution in [2.45, 2.75) is 6.92 Å². The van der Waals surface area contributed by atoms with Crippen molar-refractivity contribution in [3.05, 3.63) is 47.0 Å². The number of nitrogens with zero attached hydrogens (tertiary/aromatic N) is 2. The van der Waals surface area contributed by atoms with Crippen molar-refractivity contribution in [2.24, 2.45) is 0 Å². The summed E-state index contributed by atoms with van der Waals surface area (Å²) >= 11 is 3.51. The first kappa shape index (κ1) is 9.34. The molecule has 0 bridgehead atoms. The van der Waals surface area contributed by atoms with Gasteiger partial charge in [-0.2, -0.15) is 0 Å². The Labute approximate surface area is 91.2 Å². The minimum Gasteiger partial charge on any atom is -0.244 e. The molecule has 0 amide bonds.